The predicted octanol–water partition coefficient (Wildman–Crippen LogP) is 9.69. The third kappa shape index (κ3) is 7.14. The Hall–Kier alpha value is -2.61. The van der Waals surface area contributed by atoms with Crippen LogP contribution in [0, 0.1) is 17.8 Å². The number of benzene rings is 3. The number of methoxy groups -OCH3 is 1. The number of hydrogen-bond acceptors (Lipinski definition) is 7. The Morgan fingerprint density at radius 1 is 0.898 bits per heavy atom. The number of ether oxygens (including phenoxy) is 3. The quantitative estimate of drug-likeness (QED) is 0.195. The van der Waals surface area contributed by atoms with Crippen molar-refractivity contribution in [2.24, 2.45) is 17.8 Å². The molecule has 5 unspecified atom stereocenters. The molecule has 7 rings (SSSR count). The second-order valence-corrected chi connectivity index (χ2v) is 18.2. The van der Waals surface area contributed by atoms with Crippen LogP contribution >= 0.6 is 23.5 Å². The lowest BCUT2D eigenvalue weighted by Gasteiger charge is -2.45. The minimum absolute atomic E-state index is 0.0345. The lowest BCUT2D eigenvalue weighted by molar-refractivity contribution is -0.162. The highest BCUT2D eigenvalue weighted by molar-refractivity contribution is 8.21. The average Bonchev–Trinajstić information content (AvgIpc) is 3.88. The lowest BCUT2D eigenvalue weighted by Crippen LogP contribution is -2.47. The normalized spacial score (nSPS) is 27.4. The summed E-state index contributed by atoms with van der Waals surface area (Å²) < 4.78 is 18.9. The molecule has 5 atom stereocenters. The van der Waals surface area contributed by atoms with E-state index in [9.17, 15) is 0 Å². The Morgan fingerprint density at radius 2 is 1.59 bits per heavy atom. The number of likely N-dealkylation sites (tertiary alicyclic amines) is 1. The molecule has 3 aromatic carbocycles. The maximum atomic E-state index is 15.1. The summed E-state index contributed by atoms with van der Waals surface area (Å²) >= 11 is 3.90. The molecule has 0 aromatic heterocycles. The van der Waals surface area contributed by atoms with Gasteiger partial charge in [0.1, 0.15) is 16.2 Å². The summed E-state index contributed by atoms with van der Waals surface area (Å²) in [5.74, 6) is 3.99. The zero-order chi connectivity index (χ0) is 34.0. The van der Waals surface area contributed by atoms with E-state index in [-0.39, 0.29) is 41.3 Å². The van der Waals surface area contributed by atoms with Gasteiger partial charge in [0.2, 0.25) is 0 Å². The number of nitrogens with zero attached hydrogens (tertiary/aromatic N) is 1. The van der Waals surface area contributed by atoms with E-state index in [2.05, 4.69) is 98.5 Å². The molecule has 4 fully saturated rings. The van der Waals surface area contributed by atoms with Crippen molar-refractivity contribution in [3.05, 3.63) is 95.6 Å². The third-order valence-electron chi connectivity index (χ3n) is 11.8. The molecule has 2 aliphatic heterocycles. The van der Waals surface area contributed by atoms with E-state index in [1.807, 2.05) is 29.6 Å². The van der Waals surface area contributed by atoms with E-state index in [0.717, 1.165) is 73.8 Å². The SMILES string of the molecule is COc1ccc(C2CN(Cc3ccccc3)C3(SCCS3)C2C(=O)OC2CC(C)CCC2C(C)(C)c2ccccc2)cc1OC1CCCC1. The molecule has 262 valence electrons. The predicted molar refractivity (Wildman–Crippen MR) is 202 cm³/mol. The van der Waals surface area contributed by atoms with Gasteiger partial charge in [-0.05, 0) is 78.7 Å². The summed E-state index contributed by atoms with van der Waals surface area (Å²) in [6.45, 7) is 8.59. The highest BCUT2D eigenvalue weighted by Gasteiger charge is 2.61. The van der Waals surface area contributed by atoms with E-state index in [1.165, 1.54) is 24.0 Å². The Labute approximate surface area is 302 Å². The molecule has 5 nitrogen and oxygen atoms in total. The molecule has 7 heteroatoms. The van der Waals surface area contributed by atoms with E-state index in [0.29, 0.717) is 5.92 Å². The van der Waals surface area contributed by atoms with Crippen molar-refractivity contribution in [1.82, 2.24) is 4.90 Å². The fraction of sp³-hybridized carbons (Fsp3) is 0.548. The monoisotopic (exact) mass is 699 g/mol. The number of esters is 1. The van der Waals surface area contributed by atoms with Crippen LogP contribution in [0.1, 0.15) is 88.3 Å². The molecule has 49 heavy (non-hydrogen) atoms. The first kappa shape index (κ1) is 34.8. The van der Waals surface area contributed by atoms with Gasteiger partial charge in [-0.3, -0.25) is 9.69 Å². The molecule has 1 spiro atoms. The zero-order valence-corrected chi connectivity index (χ0v) is 31.3. The van der Waals surface area contributed by atoms with Gasteiger partial charge in [0.05, 0.1) is 13.2 Å². The number of carbonyl (C=O) groups excluding carboxylic acids is 1. The van der Waals surface area contributed by atoms with Crippen molar-refractivity contribution in [1.29, 1.82) is 0 Å². The summed E-state index contributed by atoms with van der Waals surface area (Å²) in [4.78, 5) is 17.7. The maximum absolute atomic E-state index is 15.1. The van der Waals surface area contributed by atoms with Crippen LogP contribution in [0.5, 0.6) is 11.5 Å². The van der Waals surface area contributed by atoms with Crippen molar-refractivity contribution in [2.75, 3.05) is 25.2 Å². The van der Waals surface area contributed by atoms with E-state index >= 15 is 4.79 Å². The number of rotatable bonds is 10. The molecule has 2 heterocycles. The molecule has 2 aliphatic carbocycles. The smallest absolute Gasteiger partial charge is 0.313 e. The van der Waals surface area contributed by atoms with Gasteiger partial charge in [-0.2, -0.15) is 0 Å². The van der Waals surface area contributed by atoms with Crippen LogP contribution in [-0.4, -0.2) is 52.4 Å². The molecule has 2 saturated heterocycles. The lowest BCUT2D eigenvalue weighted by atomic mass is 9.64. The summed E-state index contributed by atoms with van der Waals surface area (Å²) in [6.07, 6.45) is 7.79. The van der Waals surface area contributed by atoms with Crippen LogP contribution in [-0.2, 0) is 21.5 Å². The second-order valence-electron chi connectivity index (χ2n) is 15.3. The highest BCUT2D eigenvalue weighted by atomic mass is 32.2. The number of carbonyl (C=O) groups is 1. The van der Waals surface area contributed by atoms with Gasteiger partial charge in [-0.25, -0.2) is 0 Å². The largest absolute Gasteiger partial charge is 0.493 e. The minimum Gasteiger partial charge on any atom is -0.493 e. The van der Waals surface area contributed by atoms with Gasteiger partial charge in [0.15, 0.2) is 11.5 Å². The molecular formula is C42H53NO4S2. The van der Waals surface area contributed by atoms with Crippen LogP contribution in [0.2, 0.25) is 0 Å². The topological polar surface area (TPSA) is 48.0 Å². The Balaban J connectivity index is 1.25. The van der Waals surface area contributed by atoms with Gasteiger partial charge < -0.3 is 14.2 Å². The Kier molecular flexibility index (Phi) is 10.6. The average molecular weight is 700 g/mol. The molecule has 2 saturated carbocycles. The first-order valence-electron chi connectivity index (χ1n) is 18.5. The van der Waals surface area contributed by atoms with Crippen LogP contribution < -0.4 is 9.47 Å². The van der Waals surface area contributed by atoms with Crippen molar-refractivity contribution in [3.63, 3.8) is 0 Å². The van der Waals surface area contributed by atoms with Crippen molar-refractivity contribution in [2.45, 2.75) is 100 Å². The second kappa shape index (κ2) is 14.9. The summed E-state index contributed by atoms with van der Waals surface area (Å²) in [6, 6.07) is 27.9. The van der Waals surface area contributed by atoms with Crippen LogP contribution in [0.3, 0.4) is 0 Å². The van der Waals surface area contributed by atoms with Gasteiger partial charge in [-0.1, -0.05) is 93.9 Å². The van der Waals surface area contributed by atoms with Crippen LogP contribution in [0.4, 0.5) is 0 Å². The van der Waals surface area contributed by atoms with Gasteiger partial charge in [-0.15, -0.1) is 23.5 Å². The maximum Gasteiger partial charge on any atom is 0.313 e. The fourth-order valence-electron chi connectivity index (χ4n) is 9.08. The van der Waals surface area contributed by atoms with Crippen LogP contribution in [0.25, 0.3) is 0 Å². The van der Waals surface area contributed by atoms with E-state index < -0.39 is 4.20 Å². The van der Waals surface area contributed by atoms with E-state index in [4.69, 9.17) is 14.2 Å². The molecule has 4 aliphatic rings. The molecule has 0 bridgehead atoms. The van der Waals surface area contributed by atoms with Crippen molar-refractivity contribution < 1.29 is 19.0 Å². The molecule has 0 radical (unpaired) electrons. The molecular weight excluding hydrogens is 647 g/mol. The van der Waals surface area contributed by atoms with Gasteiger partial charge in [0, 0.05) is 36.4 Å². The summed E-state index contributed by atoms with van der Waals surface area (Å²) in [5.41, 5.74) is 3.61. The zero-order valence-electron chi connectivity index (χ0n) is 29.6. The Bertz CT molecular complexity index is 1550. The summed E-state index contributed by atoms with van der Waals surface area (Å²) in [7, 11) is 1.72. The first-order chi connectivity index (χ1) is 23.8. The van der Waals surface area contributed by atoms with Gasteiger partial charge in [0.25, 0.3) is 0 Å². The minimum atomic E-state index is -0.394. The molecule has 0 amide bonds. The van der Waals surface area contributed by atoms with E-state index in [1.54, 1.807) is 7.11 Å². The van der Waals surface area contributed by atoms with Gasteiger partial charge >= 0.3 is 5.97 Å². The standard InChI is InChI=1S/C42H53NO4S2/c1-29-19-21-35(41(2,3)32-15-9-6-10-16-32)37(25-29)47-40(44)39-34(31-20-22-36(45-4)38(26-31)46-33-17-11-12-18-33)28-43(42(39)48-23-24-49-42)27-30-13-7-5-8-14-30/h5-10,13-16,20,22,26,29,33-35,37,39H,11-12,17-19,21,23-25,27-28H2,1-4H3. The highest BCUT2D eigenvalue weighted by Crippen LogP contribution is 2.61. The fourth-order valence-corrected chi connectivity index (χ4v) is 12.7. The molecule has 0 N–H and O–H groups in total. The van der Waals surface area contributed by atoms with Crippen molar-refractivity contribution in [3.8, 4) is 11.5 Å². The van der Waals surface area contributed by atoms with Crippen molar-refractivity contribution >= 4 is 29.5 Å². The number of hydrogen-bond donors (Lipinski definition) is 0. The Morgan fingerprint density at radius 3 is 2.29 bits per heavy atom. The summed E-state index contributed by atoms with van der Waals surface area (Å²) in [5, 5.41) is 0. The van der Waals surface area contributed by atoms with Crippen LogP contribution in [0.15, 0.2) is 78.9 Å². The number of thioether (sulfide) groups is 2. The first-order valence-corrected chi connectivity index (χ1v) is 20.4. The molecule has 3 aromatic rings. The third-order valence-corrected chi connectivity index (χ3v) is 15.4.